The van der Waals surface area contributed by atoms with Gasteiger partial charge in [-0.1, -0.05) is 5.16 Å². The summed E-state index contributed by atoms with van der Waals surface area (Å²) in [6, 6.07) is 1.96. The van der Waals surface area contributed by atoms with E-state index in [-0.39, 0.29) is 18.3 Å². The van der Waals surface area contributed by atoms with Gasteiger partial charge in [-0.15, -0.1) is 11.3 Å². The van der Waals surface area contributed by atoms with Gasteiger partial charge < -0.3 is 16.3 Å². The van der Waals surface area contributed by atoms with Crippen LogP contribution >= 0.6 is 11.3 Å². The molecule has 17 heavy (non-hydrogen) atoms. The molecule has 1 heterocycles. The highest BCUT2D eigenvalue weighted by atomic mass is 32.1. The number of hydrogen-bond acceptors (Lipinski definition) is 4. The summed E-state index contributed by atoms with van der Waals surface area (Å²) in [6.07, 6.45) is 4.56. The number of carbonyl (C=O) groups excluding carboxylic acids is 1. The van der Waals surface area contributed by atoms with E-state index in [4.69, 9.17) is 10.9 Å². The first-order valence-corrected chi connectivity index (χ1v) is 6.38. The van der Waals surface area contributed by atoms with Crippen molar-refractivity contribution in [1.82, 2.24) is 5.32 Å². The van der Waals surface area contributed by atoms with Gasteiger partial charge in [0.2, 0.25) is 0 Å². The number of aryl methyl sites for hydroxylation is 2. The molecule has 1 aromatic rings. The van der Waals surface area contributed by atoms with Gasteiger partial charge in [-0.05, 0) is 37.3 Å². The Kier molecular flexibility index (Phi) is 3.63. The molecule has 0 radical (unpaired) electrons. The molecule has 0 fully saturated rings. The molecule has 0 unspecified atom stereocenters. The largest absolute Gasteiger partial charge is 0.409 e. The van der Waals surface area contributed by atoms with E-state index < -0.39 is 0 Å². The topological polar surface area (TPSA) is 87.7 Å². The third-order valence-corrected chi connectivity index (χ3v) is 4.01. The van der Waals surface area contributed by atoms with Crippen LogP contribution in [0.15, 0.2) is 11.2 Å². The summed E-state index contributed by atoms with van der Waals surface area (Å²) in [5, 5.41) is 13.8. The van der Waals surface area contributed by atoms with Crippen LogP contribution in [0, 0.1) is 0 Å². The number of hydrogen-bond donors (Lipinski definition) is 3. The third-order valence-electron chi connectivity index (χ3n) is 2.78. The SMILES string of the molecule is N/C(CNC(=O)c1cc2c(s1)CCCC2)=N\O. The number of rotatable bonds is 3. The normalized spacial score (nSPS) is 15.4. The summed E-state index contributed by atoms with van der Waals surface area (Å²) in [5.41, 5.74) is 6.59. The summed E-state index contributed by atoms with van der Waals surface area (Å²) in [7, 11) is 0. The van der Waals surface area contributed by atoms with Crippen LogP contribution in [0.25, 0.3) is 0 Å². The van der Waals surface area contributed by atoms with Gasteiger partial charge in [-0.2, -0.15) is 0 Å². The lowest BCUT2D eigenvalue weighted by molar-refractivity contribution is 0.0963. The number of nitrogens with one attached hydrogen (secondary N) is 1. The van der Waals surface area contributed by atoms with Gasteiger partial charge >= 0.3 is 0 Å². The van der Waals surface area contributed by atoms with E-state index in [1.807, 2.05) is 6.07 Å². The Balaban J connectivity index is 2.02. The number of amides is 1. The van der Waals surface area contributed by atoms with Crippen molar-refractivity contribution in [2.24, 2.45) is 10.9 Å². The van der Waals surface area contributed by atoms with Crippen molar-refractivity contribution in [3.05, 3.63) is 21.4 Å². The smallest absolute Gasteiger partial charge is 0.261 e. The van der Waals surface area contributed by atoms with Gasteiger partial charge in [-0.25, -0.2) is 0 Å². The molecule has 0 bridgehead atoms. The highest BCUT2D eigenvalue weighted by Gasteiger charge is 2.17. The van der Waals surface area contributed by atoms with E-state index >= 15 is 0 Å². The van der Waals surface area contributed by atoms with Crippen molar-refractivity contribution >= 4 is 23.1 Å². The van der Waals surface area contributed by atoms with Gasteiger partial charge in [-0.3, -0.25) is 4.79 Å². The van der Waals surface area contributed by atoms with E-state index in [0.29, 0.717) is 4.88 Å². The summed E-state index contributed by atoms with van der Waals surface area (Å²) in [5.74, 6) is -0.157. The van der Waals surface area contributed by atoms with Crippen LogP contribution in [0.3, 0.4) is 0 Å². The van der Waals surface area contributed by atoms with Crippen LogP contribution in [0.1, 0.15) is 33.0 Å². The van der Waals surface area contributed by atoms with Crippen LogP contribution in [-0.2, 0) is 12.8 Å². The summed E-state index contributed by atoms with van der Waals surface area (Å²) in [6.45, 7) is 0.0674. The van der Waals surface area contributed by atoms with Crippen LogP contribution in [0.2, 0.25) is 0 Å². The zero-order chi connectivity index (χ0) is 12.3. The van der Waals surface area contributed by atoms with Crippen molar-refractivity contribution in [1.29, 1.82) is 0 Å². The lowest BCUT2D eigenvalue weighted by Crippen LogP contribution is -2.33. The summed E-state index contributed by atoms with van der Waals surface area (Å²) >= 11 is 1.55. The van der Waals surface area contributed by atoms with Crippen molar-refractivity contribution in [2.45, 2.75) is 25.7 Å². The molecule has 92 valence electrons. The number of nitrogens with zero attached hydrogens (tertiary/aromatic N) is 1. The van der Waals surface area contributed by atoms with Gasteiger partial charge in [0, 0.05) is 4.88 Å². The van der Waals surface area contributed by atoms with E-state index in [2.05, 4.69) is 10.5 Å². The highest BCUT2D eigenvalue weighted by molar-refractivity contribution is 7.14. The lowest BCUT2D eigenvalue weighted by atomic mass is 9.99. The zero-order valence-electron chi connectivity index (χ0n) is 9.40. The van der Waals surface area contributed by atoms with Gasteiger partial charge in [0.1, 0.15) is 0 Å². The molecule has 1 aromatic heterocycles. The molecule has 0 atom stereocenters. The molecule has 0 aliphatic heterocycles. The van der Waals surface area contributed by atoms with E-state index in [1.54, 1.807) is 11.3 Å². The van der Waals surface area contributed by atoms with Crippen LogP contribution in [-0.4, -0.2) is 23.5 Å². The highest BCUT2D eigenvalue weighted by Crippen LogP contribution is 2.29. The van der Waals surface area contributed by atoms with Crippen molar-refractivity contribution < 1.29 is 10.0 Å². The van der Waals surface area contributed by atoms with Gasteiger partial charge in [0.25, 0.3) is 5.91 Å². The first kappa shape index (κ1) is 11.9. The van der Waals surface area contributed by atoms with Crippen molar-refractivity contribution in [2.75, 3.05) is 6.54 Å². The predicted molar refractivity (Wildman–Crippen MR) is 66.7 cm³/mol. The van der Waals surface area contributed by atoms with E-state index in [1.165, 1.54) is 23.3 Å². The number of fused-ring (bicyclic) bond motifs is 1. The van der Waals surface area contributed by atoms with Crippen molar-refractivity contribution in [3.63, 3.8) is 0 Å². The maximum Gasteiger partial charge on any atom is 0.261 e. The Hall–Kier alpha value is -1.56. The first-order valence-electron chi connectivity index (χ1n) is 5.57. The molecule has 5 nitrogen and oxygen atoms in total. The average Bonchev–Trinajstić information content (AvgIpc) is 2.79. The zero-order valence-corrected chi connectivity index (χ0v) is 10.2. The number of amidine groups is 1. The fourth-order valence-electron chi connectivity index (χ4n) is 1.90. The molecule has 1 aliphatic carbocycles. The maximum absolute atomic E-state index is 11.8. The Morgan fingerprint density at radius 3 is 3.00 bits per heavy atom. The molecule has 4 N–H and O–H groups in total. The molecule has 0 spiro atoms. The molecule has 0 saturated carbocycles. The minimum Gasteiger partial charge on any atom is -0.409 e. The lowest BCUT2D eigenvalue weighted by Gasteiger charge is -2.08. The first-order chi connectivity index (χ1) is 8.20. The molecular formula is C11H15N3O2S. The summed E-state index contributed by atoms with van der Waals surface area (Å²) in [4.78, 5) is 13.8. The second-order valence-electron chi connectivity index (χ2n) is 4.04. The Morgan fingerprint density at radius 1 is 1.53 bits per heavy atom. The standard InChI is InChI=1S/C11H15N3O2S/c12-10(14-16)6-13-11(15)9-5-7-3-1-2-4-8(7)17-9/h5,16H,1-4,6H2,(H2,12,14)(H,13,15). The molecule has 2 rings (SSSR count). The fourth-order valence-corrected chi connectivity index (χ4v) is 3.07. The molecule has 6 heteroatoms. The van der Waals surface area contributed by atoms with Crippen molar-refractivity contribution in [3.8, 4) is 0 Å². The van der Waals surface area contributed by atoms with E-state index in [9.17, 15) is 4.79 Å². The molecule has 0 saturated heterocycles. The minimum absolute atomic E-state index is 0.000306. The fraction of sp³-hybridized carbons (Fsp3) is 0.455. The second kappa shape index (κ2) is 5.18. The Bertz CT molecular complexity index is 430. The number of nitrogens with two attached hydrogens (primary N) is 1. The Morgan fingerprint density at radius 2 is 2.29 bits per heavy atom. The molecular weight excluding hydrogens is 238 g/mol. The van der Waals surface area contributed by atoms with Crippen LogP contribution < -0.4 is 11.1 Å². The average molecular weight is 253 g/mol. The van der Waals surface area contributed by atoms with Gasteiger partial charge in [0.05, 0.1) is 11.4 Å². The summed E-state index contributed by atoms with van der Waals surface area (Å²) < 4.78 is 0. The Labute approximate surface area is 103 Å². The monoisotopic (exact) mass is 253 g/mol. The van der Waals surface area contributed by atoms with Gasteiger partial charge in [0.15, 0.2) is 5.84 Å². The predicted octanol–water partition coefficient (Wildman–Crippen LogP) is 1.10. The number of oxime groups is 1. The quantitative estimate of drug-likeness (QED) is 0.326. The number of thiophene rings is 1. The molecule has 1 amide bonds. The second-order valence-corrected chi connectivity index (χ2v) is 5.18. The number of carbonyl (C=O) groups is 1. The molecule has 0 aromatic carbocycles. The molecule has 1 aliphatic rings. The minimum atomic E-state index is -0.156. The third kappa shape index (κ3) is 2.76. The van der Waals surface area contributed by atoms with Crippen LogP contribution in [0.5, 0.6) is 0 Å². The maximum atomic E-state index is 11.8. The van der Waals surface area contributed by atoms with E-state index in [0.717, 1.165) is 12.8 Å². The van der Waals surface area contributed by atoms with Crippen LogP contribution in [0.4, 0.5) is 0 Å².